The molecule has 2 rings (SSSR count). The molecule has 0 fully saturated rings. The molecule has 2 aromatic rings. The second-order valence-corrected chi connectivity index (χ2v) is 5.31. The van der Waals surface area contributed by atoms with Gasteiger partial charge in [0.25, 0.3) is 5.91 Å². The van der Waals surface area contributed by atoms with E-state index in [0.717, 1.165) is 16.9 Å². The van der Waals surface area contributed by atoms with Crippen molar-refractivity contribution < 1.29 is 9.32 Å². The molecule has 0 aliphatic carbocycles. The summed E-state index contributed by atoms with van der Waals surface area (Å²) in [5.74, 6) is 0.509. The van der Waals surface area contributed by atoms with E-state index in [1.165, 1.54) is 0 Å². The Bertz CT molecular complexity index is 647. The quantitative estimate of drug-likeness (QED) is 0.907. The summed E-state index contributed by atoms with van der Waals surface area (Å²) in [6.45, 7) is 5.58. The predicted molar refractivity (Wildman–Crippen MR) is 82.9 cm³/mol. The lowest BCUT2D eigenvalue weighted by molar-refractivity contribution is 0.0940. The van der Waals surface area contributed by atoms with Gasteiger partial charge in [-0.25, -0.2) is 0 Å². The Morgan fingerprint density at radius 1 is 1.38 bits per heavy atom. The first-order valence-electron chi connectivity index (χ1n) is 6.65. The second kappa shape index (κ2) is 6.18. The number of nitrogens with zero attached hydrogens (tertiary/aromatic N) is 1. The standard InChI is InChI=1S/C15H18ClN3O2/c1-8(14-9(2)19-21-10(14)3)18-15(20)12-7-11(16)5-6-13(12)17-4/h5-8,17H,1-4H3,(H,18,20). The van der Waals surface area contributed by atoms with Gasteiger partial charge in [-0.15, -0.1) is 0 Å². The maximum Gasteiger partial charge on any atom is 0.253 e. The Hall–Kier alpha value is -2.01. The third-order valence-corrected chi connectivity index (χ3v) is 3.60. The highest BCUT2D eigenvalue weighted by Gasteiger charge is 2.20. The lowest BCUT2D eigenvalue weighted by Crippen LogP contribution is -2.28. The first-order chi connectivity index (χ1) is 9.93. The van der Waals surface area contributed by atoms with Crippen LogP contribution in [0.3, 0.4) is 0 Å². The van der Waals surface area contributed by atoms with Gasteiger partial charge in [0.15, 0.2) is 0 Å². The van der Waals surface area contributed by atoms with E-state index in [4.69, 9.17) is 16.1 Å². The SMILES string of the molecule is CNc1ccc(Cl)cc1C(=O)NC(C)c1c(C)noc1C. The number of rotatable bonds is 4. The number of aryl methyl sites for hydroxylation is 2. The summed E-state index contributed by atoms with van der Waals surface area (Å²) in [4.78, 5) is 12.4. The zero-order valence-corrected chi connectivity index (χ0v) is 13.2. The zero-order chi connectivity index (χ0) is 15.6. The lowest BCUT2D eigenvalue weighted by atomic mass is 10.1. The second-order valence-electron chi connectivity index (χ2n) is 4.87. The number of hydrogen-bond acceptors (Lipinski definition) is 4. The van der Waals surface area contributed by atoms with Gasteiger partial charge in [-0.05, 0) is 39.0 Å². The number of halogens is 1. The van der Waals surface area contributed by atoms with Crippen LogP contribution in [0, 0.1) is 13.8 Å². The minimum Gasteiger partial charge on any atom is -0.387 e. The molecular weight excluding hydrogens is 290 g/mol. The van der Waals surface area contributed by atoms with Crippen LogP contribution in [0.5, 0.6) is 0 Å². The van der Waals surface area contributed by atoms with Crippen LogP contribution in [0.4, 0.5) is 5.69 Å². The van der Waals surface area contributed by atoms with Gasteiger partial charge in [-0.3, -0.25) is 4.79 Å². The van der Waals surface area contributed by atoms with Gasteiger partial charge in [-0.1, -0.05) is 16.8 Å². The van der Waals surface area contributed by atoms with Crippen molar-refractivity contribution in [1.82, 2.24) is 10.5 Å². The van der Waals surface area contributed by atoms with E-state index in [1.807, 2.05) is 20.8 Å². The first-order valence-corrected chi connectivity index (χ1v) is 7.02. The van der Waals surface area contributed by atoms with Gasteiger partial charge in [-0.2, -0.15) is 0 Å². The van der Waals surface area contributed by atoms with Gasteiger partial charge in [0.05, 0.1) is 17.3 Å². The molecule has 0 radical (unpaired) electrons. The average Bonchev–Trinajstić information content (AvgIpc) is 2.78. The molecule has 1 amide bonds. The molecule has 2 N–H and O–H groups in total. The predicted octanol–water partition coefficient (Wildman–Crippen LogP) is 3.48. The highest BCUT2D eigenvalue weighted by molar-refractivity contribution is 6.31. The Balaban J connectivity index is 2.24. The number of carbonyl (C=O) groups is 1. The fourth-order valence-electron chi connectivity index (χ4n) is 2.38. The molecule has 6 heteroatoms. The van der Waals surface area contributed by atoms with Crippen LogP contribution in [0.2, 0.25) is 5.02 Å². The maximum absolute atomic E-state index is 12.4. The van der Waals surface area contributed by atoms with Crippen LogP contribution in [0.15, 0.2) is 22.7 Å². The monoisotopic (exact) mass is 307 g/mol. The average molecular weight is 308 g/mol. The van der Waals surface area contributed by atoms with Crippen molar-refractivity contribution in [2.45, 2.75) is 26.8 Å². The summed E-state index contributed by atoms with van der Waals surface area (Å²) in [5.41, 5.74) is 2.91. The van der Waals surface area contributed by atoms with Crippen molar-refractivity contribution in [3.63, 3.8) is 0 Å². The van der Waals surface area contributed by atoms with E-state index in [9.17, 15) is 4.79 Å². The van der Waals surface area contributed by atoms with Gasteiger partial charge in [0, 0.05) is 23.3 Å². The zero-order valence-electron chi connectivity index (χ0n) is 12.5. The number of carbonyl (C=O) groups excluding carboxylic acids is 1. The van der Waals surface area contributed by atoms with E-state index in [1.54, 1.807) is 25.2 Å². The molecule has 0 spiro atoms. The van der Waals surface area contributed by atoms with E-state index in [2.05, 4.69) is 15.8 Å². The number of hydrogen-bond donors (Lipinski definition) is 2. The number of amides is 1. The summed E-state index contributed by atoms with van der Waals surface area (Å²) in [7, 11) is 1.76. The molecule has 0 aliphatic heterocycles. The van der Waals surface area contributed by atoms with E-state index >= 15 is 0 Å². The minimum absolute atomic E-state index is 0.200. The van der Waals surface area contributed by atoms with Crippen molar-refractivity contribution in [2.75, 3.05) is 12.4 Å². The third kappa shape index (κ3) is 3.19. The maximum atomic E-state index is 12.4. The Morgan fingerprint density at radius 2 is 2.10 bits per heavy atom. The van der Waals surface area contributed by atoms with Crippen molar-refractivity contribution in [2.24, 2.45) is 0 Å². The molecule has 5 nitrogen and oxygen atoms in total. The highest BCUT2D eigenvalue weighted by atomic mass is 35.5. The smallest absolute Gasteiger partial charge is 0.253 e. The van der Waals surface area contributed by atoms with Gasteiger partial charge >= 0.3 is 0 Å². The van der Waals surface area contributed by atoms with Crippen molar-refractivity contribution in [3.05, 3.63) is 45.8 Å². The van der Waals surface area contributed by atoms with Gasteiger partial charge < -0.3 is 15.2 Å². The molecule has 0 bridgehead atoms. The lowest BCUT2D eigenvalue weighted by Gasteiger charge is -2.15. The van der Waals surface area contributed by atoms with Crippen LogP contribution in [-0.4, -0.2) is 18.1 Å². The Morgan fingerprint density at radius 3 is 2.67 bits per heavy atom. The normalized spacial score (nSPS) is 12.0. The number of aromatic nitrogens is 1. The van der Waals surface area contributed by atoms with E-state index in [0.29, 0.717) is 16.3 Å². The Kier molecular flexibility index (Phi) is 4.53. The number of benzene rings is 1. The van der Waals surface area contributed by atoms with E-state index in [-0.39, 0.29) is 11.9 Å². The van der Waals surface area contributed by atoms with Crippen LogP contribution >= 0.6 is 11.6 Å². The minimum atomic E-state index is -0.201. The van der Waals surface area contributed by atoms with Crippen molar-refractivity contribution >= 4 is 23.2 Å². The summed E-state index contributed by atoms with van der Waals surface area (Å²) < 4.78 is 5.13. The molecule has 0 saturated carbocycles. The molecule has 1 atom stereocenters. The largest absolute Gasteiger partial charge is 0.387 e. The fraction of sp³-hybridized carbons (Fsp3) is 0.333. The summed E-state index contributed by atoms with van der Waals surface area (Å²) in [6, 6.07) is 4.95. The molecule has 1 aromatic carbocycles. The van der Waals surface area contributed by atoms with Gasteiger partial charge in [0.2, 0.25) is 0 Å². The first kappa shape index (κ1) is 15.4. The van der Waals surface area contributed by atoms with Crippen LogP contribution in [0.25, 0.3) is 0 Å². The van der Waals surface area contributed by atoms with Crippen LogP contribution < -0.4 is 10.6 Å². The number of nitrogens with one attached hydrogen (secondary N) is 2. The molecule has 1 heterocycles. The topological polar surface area (TPSA) is 67.2 Å². The summed E-state index contributed by atoms with van der Waals surface area (Å²) in [6.07, 6.45) is 0. The van der Waals surface area contributed by atoms with Crippen molar-refractivity contribution in [1.29, 1.82) is 0 Å². The molecule has 1 unspecified atom stereocenters. The third-order valence-electron chi connectivity index (χ3n) is 3.36. The number of anilines is 1. The molecule has 0 aliphatic rings. The van der Waals surface area contributed by atoms with Crippen molar-refractivity contribution in [3.8, 4) is 0 Å². The van der Waals surface area contributed by atoms with E-state index < -0.39 is 0 Å². The summed E-state index contributed by atoms with van der Waals surface area (Å²) >= 11 is 5.97. The highest BCUT2D eigenvalue weighted by Crippen LogP contribution is 2.24. The molecule has 1 aromatic heterocycles. The molecular formula is C15H18ClN3O2. The summed E-state index contributed by atoms with van der Waals surface area (Å²) in [5, 5.41) is 10.4. The van der Waals surface area contributed by atoms with Crippen LogP contribution in [0.1, 0.15) is 40.3 Å². The van der Waals surface area contributed by atoms with Crippen LogP contribution in [-0.2, 0) is 0 Å². The molecule has 112 valence electrons. The fourth-order valence-corrected chi connectivity index (χ4v) is 2.55. The molecule has 21 heavy (non-hydrogen) atoms. The van der Waals surface area contributed by atoms with Gasteiger partial charge in [0.1, 0.15) is 5.76 Å². The Labute approximate surface area is 128 Å². The molecule has 0 saturated heterocycles.